The number of likely N-dealkylation sites (tertiary alicyclic amines) is 1. The Morgan fingerprint density at radius 2 is 2.00 bits per heavy atom. The summed E-state index contributed by atoms with van der Waals surface area (Å²) in [6.45, 7) is 9.86. The van der Waals surface area contributed by atoms with Crippen molar-refractivity contribution in [1.29, 1.82) is 0 Å². The van der Waals surface area contributed by atoms with Crippen LogP contribution >= 0.6 is 11.8 Å². The molecule has 0 spiro atoms. The first-order chi connectivity index (χ1) is 11.8. The molecule has 1 aliphatic heterocycles. The lowest BCUT2D eigenvalue weighted by atomic mass is 9.96. The van der Waals surface area contributed by atoms with Gasteiger partial charge >= 0.3 is 0 Å². The van der Waals surface area contributed by atoms with Gasteiger partial charge in [0.1, 0.15) is 0 Å². The van der Waals surface area contributed by atoms with Gasteiger partial charge < -0.3 is 9.42 Å². The highest BCUT2D eigenvalue weighted by Gasteiger charge is 2.24. The van der Waals surface area contributed by atoms with Crippen molar-refractivity contribution in [3.63, 3.8) is 0 Å². The van der Waals surface area contributed by atoms with E-state index in [0.717, 1.165) is 31.0 Å². The van der Waals surface area contributed by atoms with Crippen molar-refractivity contribution in [3.8, 4) is 0 Å². The molecule has 0 aromatic carbocycles. The molecule has 6 nitrogen and oxygen atoms in total. The van der Waals surface area contributed by atoms with Crippen LogP contribution in [0, 0.1) is 0 Å². The first kappa shape index (κ1) is 17.9. The van der Waals surface area contributed by atoms with Crippen LogP contribution in [0.3, 0.4) is 0 Å². The lowest BCUT2D eigenvalue weighted by molar-refractivity contribution is 0.0792. The van der Waals surface area contributed by atoms with Gasteiger partial charge in [0.25, 0.3) is 5.91 Å². The number of rotatable bonds is 4. The number of aromatic nitrogens is 3. The van der Waals surface area contributed by atoms with E-state index in [2.05, 4.69) is 35.9 Å². The highest BCUT2D eigenvalue weighted by molar-refractivity contribution is 7.99. The molecule has 0 saturated carbocycles. The van der Waals surface area contributed by atoms with E-state index in [-0.39, 0.29) is 16.6 Å². The van der Waals surface area contributed by atoms with E-state index in [9.17, 15) is 4.79 Å². The maximum Gasteiger partial charge on any atom is 0.255 e. The molecule has 1 saturated heterocycles. The SMILES string of the molecule is CC(Sc1ccc(C(=O)N2CCCC2)cn1)c1nc(C(C)(C)C)no1. The summed E-state index contributed by atoms with van der Waals surface area (Å²) in [4.78, 5) is 23.1. The second-order valence-electron chi connectivity index (χ2n) is 7.35. The van der Waals surface area contributed by atoms with E-state index in [1.807, 2.05) is 24.0 Å². The summed E-state index contributed by atoms with van der Waals surface area (Å²) in [6, 6.07) is 3.72. The van der Waals surface area contributed by atoms with Crippen molar-refractivity contribution in [2.75, 3.05) is 13.1 Å². The minimum absolute atomic E-state index is 0.00349. The number of nitrogens with zero attached hydrogens (tertiary/aromatic N) is 4. The molecular weight excluding hydrogens is 336 g/mol. The van der Waals surface area contributed by atoms with Crippen molar-refractivity contribution >= 4 is 17.7 Å². The number of carbonyl (C=O) groups is 1. The summed E-state index contributed by atoms with van der Waals surface area (Å²) >= 11 is 1.54. The number of hydrogen-bond acceptors (Lipinski definition) is 6. The summed E-state index contributed by atoms with van der Waals surface area (Å²) in [5.41, 5.74) is 0.508. The minimum atomic E-state index is -0.137. The van der Waals surface area contributed by atoms with Crippen LogP contribution in [0.4, 0.5) is 0 Å². The van der Waals surface area contributed by atoms with Crippen LogP contribution in [0.1, 0.15) is 67.9 Å². The molecule has 0 bridgehead atoms. The molecule has 1 atom stereocenters. The second-order valence-corrected chi connectivity index (χ2v) is 8.71. The maximum atomic E-state index is 12.3. The van der Waals surface area contributed by atoms with Crippen molar-refractivity contribution in [2.24, 2.45) is 0 Å². The topological polar surface area (TPSA) is 72.1 Å². The van der Waals surface area contributed by atoms with E-state index in [1.165, 1.54) is 0 Å². The van der Waals surface area contributed by atoms with Crippen LogP contribution in [0.15, 0.2) is 27.9 Å². The van der Waals surface area contributed by atoms with Crippen LogP contribution in [0.5, 0.6) is 0 Å². The molecule has 25 heavy (non-hydrogen) atoms. The lowest BCUT2D eigenvalue weighted by Gasteiger charge is -2.15. The summed E-state index contributed by atoms with van der Waals surface area (Å²) in [6.07, 6.45) is 3.83. The molecule has 3 heterocycles. The molecule has 2 aromatic heterocycles. The average Bonchev–Trinajstić information content (AvgIpc) is 3.26. The zero-order valence-corrected chi connectivity index (χ0v) is 16.0. The molecule has 3 rings (SSSR count). The third-order valence-electron chi connectivity index (χ3n) is 4.13. The van der Waals surface area contributed by atoms with Crippen molar-refractivity contribution in [1.82, 2.24) is 20.0 Å². The molecule has 1 amide bonds. The number of hydrogen-bond donors (Lipinski definition) is 0. The van der Waals surface area contributed by atoms with E-state index < -0.39 is 0 Å². The molecule has 1 unspecified atom stereocenters. The Bertz CT molecular complexity index is 730. The fourth-order valence-corrected chi connectivity index (χ4v) is 3.43. The quantitative estimate of drug-likeness (QED) is 0.771. The number of carbonyl (C=O) groups excluding carboxylic acids is 1. The first-order valence-corrected chi connectivity index (χ1v) is 9.48. The van der Waals surface area contributed by atoms with Crippen molar-refractivity contribution in [3.05, 3.63) is 35.6 Å². The van der Waals surface area contributed by atoms with Gasteiger partial charge in [0.15, 0.2) is 5.82 Å². The monoisotopic (exact) mass is 360 g/mol. The van der Waals surface area contributed by atoms with Gasteiger partial charge in [-0.15, -0.1) is 0 Å². The number of thioether (sulfide) groups is 1. The van der Waals surface area contributed by atoms with Gasteiger partial charge in [-0.25, -0.2) is 4.98 Å². The average molecular weight is 360 g/mol. The Morgan fingerprint density at radius 1 is 1.28 bits per heavy atom. The zero-order chi connectivity index (χ0) is 18.0. The van der Waals surface area contributed by atoms with Gasteiger partial charge in [-0.3, -0.25) is 4.79 Å². The maximum absolute atomic E-state index is 12.3. The van der Waals surface area contributed by atoms with Gasteiger partial charge in [0, 0.05) is 24.7 Å². The highest BCUT2D eigenvalue weighted by atomic mass is 32.2. The lowest BCUT2D eigenvalue weighted by Crippen LogP contribution is -2.27. The standard InChI is InChI=1S/C18H24N4O2S/c1-12(15-20-17(21-24-15)18(2,3)4)25-14-8-7-13(11-19-14)16(23)22-9-5-6-10-22/h7-8,11-12H,5-6,9-10H2,1-4H3. The van der Waals surface area contributed by atoms with Crippen LogP contribution < -0.4 is 0 Å². The minimum Gasteiger partial charge on any atom is -0.339 e. The van der Waals surface area contributed by atoms with Gasteiger partial charge in [0.2, 0.25) is 5.89 Å². The molecule has 1 aliphatic rings. The van der Waals surface area contributed by atoms with Gasteiger partial charge in [-0.1, -0.05) is 37.7 Å². The number of amides is 1. The normalized spacial score (nSPS) is 16.2. The molecule has 0 aliphatic carbocycles. The third kappa shape index (κ3) is 4.21. The summed E-state index contributed by atoms with van der Waals surface area (Å²) in [7, 11) is 0. The summed E-state index contributed by atoms with van der Waals surface area (Å²) < 4.78 is 5.38. The van der Waals surface area contributed by atoms with Crippen LogP contribution in [0.25, 0.3) is 0 Å². The third-order valence-corrected chi connectivity index (χ3v) is 5.17. The Labute approximate surface area is 152 Å². The number of pyridine rings is 1. The molecule has 7 heteroatoms. The predicted octanol–water partition coefficient (Wildman–Crippen LogP) is 3.85. The van der Waals surface area contributed by atoms with Crippen LogP contribution in [0.2, 0.25) is 0 Å². The molecular formula is C18H24N4O2S. The van der Waals surface area contributed by atoms with Gasteiger partial charge in [-0.05, 0) is 31.9 Å². The molecule has 0 radical (unpaired) electrons. The summed E-state index contributed by atoms with van der Waals surface area (Å²) in [5, 5.41) is 4.89. The summed E-state index contributed by atoms with van der Waals surface area (Å²) in [5.74, 6) is 1.37. The van der Waals surface area contributed by atoms with E-state index >= 15 is 0 Å². The van der Waals surface area contributed by atoms with Crippen molar-refractivity contribution in [2.45, 2.75) is 56.2 Å². The first-order valence-electron chi connectivity index (χ1n) is 8.60. The molecule has 134 valence electrons. The molecule has 0 N–H and O–H groups in total. The Balaban J connectivity index is 1.64. The zero-order valence-electron chi connectivity index (χ0n) is 15.2. The fraction of sp³-hybridized carbons (Fsp3) is 0.556. The Kier molecular flexibility index (Phi) is 5.13. The molecule has 2 aromatic rings. The van der Waals surface area contributed by atoms with Crippen LogP contribution in [-0.2, 0) is 5.41 Å². The van der Waals surface area contributed by atoms with Gasteiger partial charge in [-0.2, -0.15) is 4.98 Å². The van der Waals surface area contributed by atoms with E-state index in [4.69, 9.17) is 4.52 Å². The predicted molar refractivity (Wildman–Crippen MR) is 96.6 cm³/mol. The smallest absolute Gasteiger partial charge is 0.255 e. The Morgan fingerprint density at radius 3 is 2.56 bits per heavy atom. The Hall–Kier alpha value is -1.89. The van der Waals surface area contributed by atoms with Crippen LogP contribution in [-0.4, -0.2) is 39.0 Å². The van der Waals surface area contributed by atoms with Gasteiger partial charge in [0.05, 0.1) is 15.8 Å². The van der Waals surface area contributed by atoms with E-state index in [1.54, 1.807) is 18.0 Å². The second kappa shape index (κ2) is 7.15. The highest BCUT2D eigenvalue weighted by Crippen LogP contribution is 2.33. The van der Waals surface area contributed by atoms with Crippen molar-refractivity contribution < 1.29 is 9.32 Å². The van der Waals surface area contributed by atoms with E-state index in [0.29, 0.717) is 17.3 Å². The largest absolute Gasteiger partial charge is 0.339 e. The molecule has 1 fully saturated rings. The fourth-order valence-electron chi connectivity index (χ4n) is 2.62.